The Morgan fingerprint density at radius 2 is 1.71 bits per heavy atom. The number of hydrogen-bond acceptors (Lipinski definition) is 4. The molecular weight excluding hydrogens is 271 g/mol. The first-order chi connectivity index (χ1) is 9.86. The Kier molecular flexibility index (Phi) is 6.75. The minimum Gasteiger partial charge on any atom is -0.491 e. The summed E-state index contributed by atoms with van der Waals surface area (Å²) in [5, 5.41) is 0. The first-order valence-corrected chi connectivity index (χ1v) is 7.47. The molecule has 0 spiro atoms. The molecule has 0 fully saturated rings. The van der Waals surface area contributed by atoms with Crippen molar-refractivity contribution in [3.05, 3.63) is 17.9 Å². The summed E-state index contributed by atoms with van der Waals surface area (Å²) in [7, 11) is 0. The van der Waals surface area contributed by atoms with E-state index in [1.165, 1.54) is 12.1 Å². The molecule has 21 heavy (non-hydrogen) atoms. The van der Waals surface area contributed by atoms with Gasteiger partial charge in [0, 0.05) is 30.8 Å². The van der Waals surface area contributed by atoms with E-state index < -0.39 is 5.82 Å². The maximum absolute atomic E-state index is 13.6. The number of nitrogens with two attached hydrogens (primary N) is 1. The number of hydrogen-bond donors (Lipinski definition) is 1. The van der Waals surface area contributed by atoms with Crippen LogP contribution in [0.2, 0.25) is 0 Å². The van der Waals surface area contributed by atoms with Crippen LogP contribution >= 0.6 is 0 Å². The standard InChI is InChI=1S/C16H27FN2O2/c1-6-20-15-10-16(14(18)9-13(15)17)21-8-7-19(11(2)3)12(4)5/h9-12H,6-8,18H2,1-5H3. The van der Waals surface area contributed by atoms with Crippen LogP contribution in [0.3, 0.4) is 0 Å². The summed E-state index contributed by atoms with van der Waals surface area (Å²) < 4.78 is 24.5. The van der Waals surface area contributed by atoms with Gasteiger partial charge in [0.15, 0.2) is 11.6 Å². The van der Waals surface area contributed by atoms with Crippen LogP contribution in [0.4, 0.5) is 10.1 Å². The summed E-state index contributed by atoms with van der Waals surface area (Å²) in [5.41, 5.74) is 6.08. The highest BCUT2D eigenvalue weighted by atomic mass is 19.1. The SMILES string of the molecule is CCOc1cc(OCCN(C(C)C)C(C)C)c(N)cc1F. The van der Waals surface area contributed by atoms with E-state index in [1.807, 2.05) is 0 Å². The Hall–Kier alpha value is -1.49. The predicted octanol–water partition coefficient (Wildman–Crippen LogP) is 3.30. The Morgan fingerprint density at radius 3 is 2.24 bits per heavy atom. The third kappa shape index (κ3) is 5.08. The summed E-state index contributed by atoms with van der Waals surface area (Å²) in [6.07, 6.45) is 0. The van der Waals surface area contributed by atoms with Gasteiger partial charge in [0.1, 0.15) is 12.4 Å². The molecule has 0 amide bonds. The highest BCUT2D eigenvalue weighted by molar-refractivity contribution is 5.56. The molecule has 0 atom stereocenters. The van der Waals surface area contributed by atoms with Crippen molar-refractivity contribution in [1.82, 2.24) is 4.90 Å². The van der Waals surface area contributed by atoms with Gasteiger partial charge in [-0.2, -0.15) is 0 Å². The summed E-state index contributed by atoms with van der Waals surface area (Å²) in [6.45, 7) is 12.1. The highest BCUT2D eigenvalue weighted by Crippen LogP contribution is 2.30. The van der Waals surface area contributed by atoms with Crippen LogP contribution in [0.1, 0.15) is 34.6 Å². The van der Waals surface area contributed by atoms with Crippen molar-refractivity contribution in [3.8, 4) is 11.5 Å². The number of halogens is 1. The number of benzene rings is 1. The van der Waals surface area contributed by atoms with Crippen molar-refractivity contribution < 1.29 is 13.9 Å². The lowest BCUT2D eigenvalue weighted by Gasteiger charge is -2.30. The lowest BCUT2D eigenvalue weighted by molar-refractivity contribution is 0.142. The van der Waals surface area contributed by atoms with Crippen LogP contribution < -0.4 is 15.2 Å². The van der Waals surface area contributed by atoms with E-state index >= 15 is 0 Å². The van der Waals surface area contributed by atoms with E-state index in [-0.39, 0.29) is 11.4 Å². The van der Waals surface area contributed by atoms with Crippen LogP contribution in [0, 0.1) is 5.82 Å². The van der Waals surface area contributed by atoms with E-state index in [4.69, 9.17) is 15.2 Å². The second-order valence-corrected chi connectivity index (χ2v) is 5.53. The van der Waals surface area contributed by atoms with Crippen molar-refractivity contribution in [2.24, 2.45) is 0 Å². The molecule has 0 saturated carbocycles. The maximum Gasteiger partial charge on any atom is 0.167 e. The second kappa shape index (κ2) is 8.08. The minimum absolute atomic E-state index is 0.172. The van der Waals surface area contributed by atoms with Crippen molar-refractivity contribution in [1.29, 1.82) is 0 Å². The zero-order chi connectivity index (χ0) is 16.0. The molecule has 0 aromatic heterocycles. The molecule has 1 rings (SSSR count). The van der Waals surface area contributed by atoms with Gasteiger partial charge >= 0.3 is 0 Å². The van der Waals surface area contributed by atoms with Gasteiger partial charge in [-0.05, 0) is 34.6 Å². The van der Waals surface area contributed by atoms with E-state index in [9.17, 15) is 4.39 Å². The number of anilines is 1. The number of rotatable bonds is 8. The molecule has 1 aromatic carbocycles. The average Bonchev–Trinajstić information content (AvgIpc) is 2.38. The molecule has 0 unspecified atom stereocenters. The van der Waals surface area contributed by atoms with Gasteiger partial charge in [0.25, 0.3) is 0 Å². The Morgan fingerprint density at radius 1 is 1.10 bits per heavy atom. The van der Waals surface area contributed by atoms with Gasteiger partial charge in [-0.1, -0.05) is 0 Å². The van der Waals surface area contributed by atoms with Crippen LogP contribution in [0.15, 0.2) is 12.1 Å². The monoisotopic (exact) mass is 298 g/mol. The third-order valence-electron chi connectivity index (χ3n) is 3.30. The van der Waals surface area contributed by atoms with Crippen LogP contribution in [0.5, 0.6) is 11.5 Å². The molecule has 0 aliphatic heterocycles. The van der Waals surface area contributed by atoms with Crippen molar-refractivity contribution in [3.63, 3.8) is 0 Å². The van der Waals surface area contributed by atoms with Crippen LogP contribution in [-0.2, 0) is 0 Å². The van der Waals surface area contributed by atoms with Crippen molar-refractivity contribution in [2.45, 2.75) is 46.7 Å². The fraction of sp³-hybridized carbons (Fsp3) is 0.625. The summed E-state index contributed by atoms with van der Waals surface area (Å²) in [4.78, 5) is 2.32. The van der Waals surface area contributed by atoms with Gasteiger partial charge in [0.2, 0.25) is 0 Å². The lowest BCUT2D eigenvalue weighted by atomic mass is 10.2. The Labute approximate surface area is 127 Å². The largest absolute Gasteiger partial charge is 0.491 e. The van der Waals surface area contributed by atoms with E-state index in [1.54, 1.807) is 6.92 Å². The topological polar surface area (TPSA) is 47.7 Å². The average molecular weight is 298 g/mol. The minimum atomic E-state index is -0.465. The van der Waals surface area contributed by atoms with Crippen LogP contribution in [-0.4, -0.2) is 36.7 Å². The van der Waals surface area contributed by atoms with Crippen molar-refractivity contribution >= 4 is 5.69 Å². The normalized spacial score (nSPS) is 11.5. The smallest absolute Gasteiger partial charge is 0.167 e. The Bertz CT molecular complexity index is 442. The Balaban J connectivity index is 2.68. The molecule has 5 heteroatoms. The molecule has 2 N–H and O–H groups in total. The van der Waals surface area contributed by atoms with Crippen molar-refractivity contribution in [2.75, 3.05) is 25.5 Å². The van der Waals surface area contributed by atoms with E-state index in [2.05, 4.69) is 32.6 Å². The van der Waals surface area contributed by atoms with Gasteiger partial charge < -0.3 is 15.2 Å². The first-order valence-electron chi connectivity index (χ1n) is 7.47. The summed E-state index contributed by atoms with van der Waals surface area (Å²) in [5.74, 6) is 0.172. The zero-order valence-corrected chi connectivity index (χ0v) is 13.6. The molecule has 4 nitrogen and oxygen atoms in total. The van der Waals surface area contributed by atoms with Gasteiger partial charge in [-0.15, -0.1) is 0 Å². The fourth-order valence-corrected chi connectivity index (χ4v) is 2.31. The zero-order valence-electron chi connectivity index (χ0n) is 13.6. The molecule has 0 saturated heterocycles. The molecule has 0 bridgehead atoms. The molecule has 120 valence electrons. The molecule has 1 aromatic rings. The third-order valence-corrected chi connectivity index (χ3v) is 3.30. The number of nitrogen functional groups attached to an aromatic ring is 1. The number of nitrogens with zero attached hydrogens (tertiary/aromatic N) is 1. The van der Waals surface area contributed by atoms with E-state index in [0.717, 1.165) is 6.54 Å². The molecular formula is C16H27FN2O2. The van der Waals surface area contributed by atoms with Crippen LogP contribution in [0.25, 0.3) is 0 Å². The molecule has 0 radical (unpaired) electrons. The van der Waals surface area contributed by atoms with E-state index in [0.29, 0.717) is 31.0 Å². The van der Waals surface area contributed by atoms with Gasteiger partial charge in [-0.25, -0.2) is 4.39 Å². The maximum atomic E-state index is 13.6. The van der Waals surface area contributed by atoms with Gasteiger partial charge in [0.05, 0.1) is 12.3 Å². The second-order valence-electron chi connectivity index (χ2n) is 5.53. The van der Waals surface area contributed by atoms with Gasteiger partial charge in [-0.3, -0.25) is 4.90 Å². The fourth-order valence-electron chi connectivity index (χ4n) is 2.31. The summed E-state index contributed by atoms with van der Waals surface area (Å²) >= 11 is 0. The predicted molar refractivity (Wildman–Crippen MR) is 84.5 cm³/mol. The first kappa shape index (κ1) is 17.6. The molecule has 0 aliphatic carbocycles. The number of ether oxygens (including phenoxy) is 2. The molecule has 0 aliphatic rings. The quantitative estimate of drug-likeness (QED) is 0.748. The lowest BCUT2D eigenvalue weighted by Crippen LogP contribution is -2.39. The molecule has 0 heterocycles. The summed E-state index contributed by atoms with van der Waals surface area (Å²) in [6, 6.07) is 3.64. The highest BCUT2D eigenvalue weighted by Gasteiger charge is 2.14.